The van der Waals surface area contributed by atoms with Crippen LogP contribution >= 0.6 is 28.1 Å². The van der Waals surface area contributed by atoms with E-state index in [1.165, 1.54) is 11.0 Å². The number of thiocarbonyl (C=S) groups is 1. The van der Waals surface area contributed by atoms with Crippen LogP contribution in [0.4, 0.5) is 0 Å². The zero-order chi connectivity index (χ0) is 20.1. The lowest BCUT2D eigenvalue weighted by atomic mass is 10.1. The monoisotopic (exact) mass is 452 g/mol. The highest BCUT2D eigenvalue weighted by atomic mass is 79.9. The molecule has 2 rings (SSSR count). The second-order valence-electron chi connectivity index (χ2n) is 5.94. The van der Waals surface area contributed by atoms with Crippen LogP contribution in [0.25, 0.3) is 6.08 Å². The highest BCUT2D eigenvalue weighted by Gasteiger charge is 2.32. The molecule has 1 aliphatic heterocycles. The molecule has 0 atom stereocenters. The third-order valence-electron chi connectivity index (χ3n) is 3.52. The van der Waals surface area contributed by atoms with Crippen LogP contribution in [-0.2, 0) is 9.59 Å². The zero-order valence-corrected chi connectivity index (χ0v) is 17.8. The number of amides is 2. The van der Waals surface area contributed by atoms with Crippen molar-refractivity contribution in [2.75, 3.05) is 13.2 Å². The van der Waals surface area contributed by atoms with E-state index in [2.05, 4.69) is 27.8 Å². The third-order valence-corrected chi connectivity index (χ3v) is 4.53. The van der Waals surface area contributed by atoms with Crippen molar-refractivity contribution in [1.82, 2.24) is 10.2 Å². The van der Waals surface area contributed by atoms with Gasteiger partial charge in [-0.15, -0.1) is 6.58 Å². The molecule has 1 aromatic carbocycles. The molecule has 0 radical (unpaired) electrons. The molecule has 1 N–H and O–H groups in total. The number of nitrogens with one attached hydrogen (secondary N) is 1. The van der Waals surface area contributed by atoms with Crippen molar-refractivity contribution in [2.45, 2.75) is 26.9 Å². The maximum Gasteiger partial charge on any atom is 0.265 e. The molecular formula is C19H21BrN2O4S. The first kappa shape index (κ1) is 21.1. The molecule has 0 unspecified atom stereocenters. The lowest BCUT2D eigenvalue weighted by molar-refractivity contribution is -0.128. The molecule has 0 bridgehead atoms. The van der Waals surface area contributed by atoms with Gasteiger partial charge in [-0.25, -0.2) is 0 Å². The van der Waals surface area contributed by atoms with Crippen molar-refractivity contribution in [3.8, 4) is 11.5 Å². The first-order chi connectivity index (χ1) is 12.8. The summed E-state index contributed by atoms with van der Waals surface area (Å²) < 4.78 is 12.1. The van der Waals surface area contributed by atoms with Gasteiger partial charge in [0.2, 0.25) is 0 Å². The molecular weight excluding hydrogens is 432 g/mol. The summed E-state index contributed by atoms with van der Waals surface area (Å²) in [4.78, 5) is 26.2. The van der Waals surface area contributed by atoms with Crippen molar-refractivity contribution in [3.05, 3.63) is 40.4 Å². The summed E-state index contributed by atoms with van der Waals surface area (Å²) in [5.74, 6) is 0.0897. The average Bonchev–Trinajstić information content (AvgIpc) is 2.58. The topological polar surface area (TPSA) is 67.9 Å². The van der Waals surface area contributed by atoms with Crippen molar-refractivity contribution < 1.29 is 19.1 Å². The Bertz CT molecular complexity index is 820. The van der Waals surface area contributed by atoms with E-state index >= 15 is 0 Å². The van der Waals surface area contributed by atoms with Crippen LogP contribution in [0, 0.1) is 0 Å². The predicted molar refractivity (Wildman–Crippen MR) is 112 cm³/mol. The molecule has 1 aliphatic rings. The molecule has 1 fully saturated rings. The Balaban J connectivity index is 2.48. The lowest BCUT2D eigenvalue weighted by Crippen LogP contribution is -2.53. The van der Waals surface area contributed by atoms with Crippen molar-refractivity contribution >= 4 is 51.2 Å². The van der Waals surface area contributed by atoms with Crippen LogP contribution in [-0.4, -0.2) is 41.1 Å². The third kappa shape index (κ3) is 4.95. The second kappa shape index (κ2) is 9.14. The number of rotatable bonds is 7. The quantitative estimate of drug-likeness (QED) is 0.297. The summed E-state index contributed by atoms with van der Waals surface area (Å²) in [6.07, 6.45) is 3.02. The number of hydrogen-bond donors (Lipinski definition) is 1. The molecule has 0 aromatic heterocycles. The van der Waals surface area contributed by atoms with E-state index in [9.17, 15) is 9.59 Å². The Kier molecular flexibility index (Phi) is 7.15. The predicted octanol–water partition coefficient (Wildman–Crippen LogP) is 3.45. The molecule has 2 amide bonds. The fourth-order valence-corrected chi connectivity index (χ4v) is 3.11. The van der Waals surface area contributed by atoms with Crippen LogP contribution in [0.5, 0.6) is 11.5 Å². The smallest absolute Gasteiger partial charge is 0.265 e. The van der Waals surface area contributed by atoms with E-state index < -0.39 is 11.8 Å². The zero-order valence-electron chi connectivity index (χ0n) is 15.4. The van der Waals surface area contributed by atoms with Crippen LogP contribution in [0.1, 0.15) is 26.3 Å². The number of carbonyl (C=O) groups is 2. The van der Waals surface area contributed by atoms with Gasteiger partial charge in [-0.3, -0.25) is 19.8 Å². The summed E-state index contributed by atoms with van der Waals surface area (Å²) in [5.41, 5.74) is 0.588. The molecule has 1 saturated heterocycles. The van der Waals surface area contributed by atoms with Gasteiger partial charge in [0, 0.05) is 11.0 Å². The van der Waals surface area contributed by atoms with Gasteiger partial charge in [0.25, 0.3) is 11.8 Å². The standard InChI is InChI=1S/C19H21BrN2O4S/c1-5-7-22-18(24)13(17(23)21-19(22)27)8-12-9-15(25-6-2)16(10-14(12)20)26-11(3)4/h5,8-11H,1,6-7H2,2-4H3,(H,21,23,27)/b13-8+. The normalized spacial score (nSPS) is 16.0. The fraction of sp³-hybridized carbons (Fsp3) is 0.316. The number of halogens is 1. The highest BCUT2D eigenvalue weighted by molar-refractivity contribution is 9.10. The molecule has 0 spiro atoms. The minimum absolute atomic E-state index is 0.0221. The Morgan fingerprint density at radius 1 is 1.33 bits per heavy atom. The number of carbonyl (C=O) groups excluding carboxylic acids is 2. The Morgan fingerprint density at radius 2 is 2.04 bits per heavy atom. The first-order valence-corrected chi connectivity index (χ1v) is 9.61. The number of hydrogen-bond acceptors (Lipinski definition) is 5. The van der Waals surface area contributed by atoms with Crippen LogP contribution in [0.15, 0.2) is 34.8 Å². The summed E-state index contributed by atoms with van der Waals surface area (Å²) in [7, 11) is 0. The maximum absolute atomic E-state index is 12.7. The number of benzene rings is 1. The molecule has 0 saturated carbocycles. The summed E-state index contributed by atoms with van der Waals surface area (Å²) >= 11 is 8.52. The largest absolute Gasteiger partial charge is 0.490 e. The van der Waals surface area contributed by atoms with E-state index in [0.29, 0.717) is 28.1 Å². The van der Waals surface area contributed by atoms with Gasteiger partial charge in [0.1, 0.15) is 5.57 Å². The van der Waals surface area contributed by atoms with Gasteiger partial charge in [-0.1, -0.05) is 22.0 Å². The van der Waals surface area contributed by atoms with E-state index in [-0.39, 0.29) is 23.3 Å². The molecule has 1 aromatic rings. The van der Waals surface area contributed by atoms with Gasteiger partial charge in [0.15, 0.2) is 16.6 Å². The summed E-state index contributed by atoms with van der Waals surface area (Å²) in [6, 6.07) is 3.48. The van der Waals surface area contributed by atoms with E-state index in [1.807, 2.05) is 20.8 Å². The number of nitrogens with zero attached hydrogens (tertiary/aromatic N) is 1. The SMILES string of the molecule is C=CCN1C(=O)/C(=C/c2cc(OCC)c(OC(C)C)cc2Br)C(=O)NC1=S. The van der Waals surface area contributed by atoms with Gasteiger partial charge in [0.05, 0.1) is 12.7 Å². The fourth-order valence-electron chi connectivity index (χ4n) is 2.42. The van der Waals surface area contributed by atoms with Crippen LogP contribution in [0.3, 0.4) is 0 Å². The van der Waals surface area contributed by atoms with E-state index in [1.54, 1.807) is 18.2 Å². The summed E-state index contributed by atoms with van der Waals surface area (Å²) in [6.45, 7) is 9.97. The Hall–Kier alpha value is -2.19. The minimum atomic E-state index is -0.544. The van der Waals surface area contributed by atoms with Crippen molar-refractivity contribution in [1.29, 1.82) is 0 Å². The van der Waals surface area contributed by atoms with Crippen LogP contribution in [0.2, 0.25) is 0 Å². The van der Waals surface area contributed by atoms with Crippen molar-refractivity contribution in [3.63, 3.8) is 0 Å². The number of ether oxygens (including phenoxy) is 2. The molecule has 144 valence electrons. The van der Waals surface area contributed by atoms with Gasteiger partial charge >= 0.3 is 0 Å². The molecule has 6 nitrogen and oxygen atoms in total. The molecule has 0 aliphatic carbocycles. The van der Waals surface area contributed by atoms with Gasteiger partial charge in [-0.2, -0.15) is 0 Å². The van der Waals surface area contributed by atoms with E-state index in [0.717, 1.165) is 0 Å². The van der Waals surface area contributed by atoms with Crippen molar-refractivity contribution in [2.24, 2.45) is 0 Å². The minimum Gasteiger partial charge on any atom is -0.490 e. The van der Waals surface area contributed by atoms with Gasteiger partial charge < -0.3 is 9.47 Å². The molecule has 1 heterocycles. The summed E-state index contributed by atoms with van der Waals surface area (Å²) in [5, 5.41) is 2.59. The second-order valence-corrected chi connectivity index (χ2v) is 7.18. The van der Waals surface area contributed by atoms with Gasteiger partial charge in [-0.05, 0) is 56.8 Å². The average molecular weight is 453 g/mol. The molecule has 27 heavy (non-hydrogen) atoms. The van der Waals surface area contributed by atoms with Crippen LogP contribution < -0.4 is 14.8 Å². The Morgan fingerprint density at radius 3 is 2.63 bits per heavy atom. The Labute approximate surface area is 172 Å². The van der Waals surface area contributed by atoms with E-state index in [4.69, 9.17) is 21.7 Å². The maximum atomic E-state index is 12.7. The molecule has 8 heteroatoms. The first-order valence-electron chi connectivity index (χ1n) is 8.41. The lowest BCUT2D eigenvalue weighted by Gasteiger charge is -2.27. The highest BCUT2D eigenvalue weighted by Crippen LogP contribution is 2.35.